The summed E-state index contributed by atoms with van der Waals surface area (Å²) in [5.74, 6) is -0.869. The summed E-state index contributed by atoms with van der Waals surface area (Å²) in [7, 11) is 0. The molecule has 1 atom stereocenters. The third-order valence-electron chi connectivity index (χ3n) is 5.87. The average Bonchev–Trinajstić information content (AvgIpc) is 2.94. The van der Waals surface area contributed by atoms with Crippen molar-refractivity contribution >= 4 is 28.4 Å². The van der Waals surface area contributed by atoms with Crippen LogP contribution in [0.3, 0.4) is 0 Å². The summed E-state index contributed by atoms with van der Waals surface area (Å²) < 4.78 is 2.01. The number of amides is 1. The van der Waals surface area contributed by atoms with Crippen molar-refractivity contribution < 1.29 is 14.4 Å². The number of nitrogens with one attached hydrogen (secondary N) is 1. The van der Waals surface area contributed by atoms with Crippen molar-refractivity contribution in [3.05, 3.63) is 41.1 Å². The fraction of sp³-hybridized carbons (Fsp3) is 0.455. The lowest BCUT2D eigenvalue weighted by Gasteiger charge is -2.39. The van der Waals surface area contributed by atoms with Crippen molar-refractivity contribution in [3.8, 4) is 0 Å². The predicted molar refractivity (Wildman–Crippen MR) is 109 cm³/mol. The van der Waals surface area contributed by atoms with Gasteiger partial charge in [-0.3, -0.25) is 9.69 Å². The molecule has 1 aliphatic carbocycles. The first-order chi connectivity index (χ1) is 13.5. The van der Waals surface area contributed by atoms with Crippen LogP contribution in [0.4, 0.5) is 0 Å². The molecule has 148 valence electrons. The SMILES string of the molecule is CCCN1CCC=C2c3cccc4c3c(c(C)n4CC(=O)ONC(C)=O)C[C@H]21. The molecule has 1 aromatic heterocycles. The van der Waals surface area contributed by atoms with Crippen molar-refractivity contribution in [2.45, 2.75) is 52.6 Å². The standard InChI is InChI=1S/C22H27N3O3/c1-4-10-24-11-6-8-16-17-7-5-9-19-22(17)18(12-20(16)24)14(2)25(19)13-21(27)28-23-15(3)26/h5,7-9,20H,4,6,10-13H2,1-3H3,(H,23,26)/t20-/m1/s1. The van der Waals surface area contributed by atoms with Crippen LogP contribution in [0.1, 0.15) is 43.5 Å². The molecule has 0 spiro atoms. The molecule has 2 heterocycles. The van der Waals surface area contributed by atoms with Crippen LogP contribution in [0.15, 0.2) is 24.3 Å². The summed E-state index contributed by atoms with van der Waals surface area (Å²) in [5, 5.41) is 1.26. The first-order valence-corrected chi connectivity index (χ1v) is 10.0. The highest BCUT2D eigenvalue weighted by Crippen LogP contribution is 2.42. The number of hydroxylamine groups is 1. The third kappa shape index (κ3) is 3.11. The molecule has 0 radical (unpaired) electrons. The zero-order valence-electron chi connectivity index (χ0n) is 16.7. The number of carbonyl (C=O) groups is 2. The quantitative estimate of drug-likeness (QED) is 0.827. The van der Waals surface area contributed by atoms with E-state index in [0.29, 0.717) is 6.04 Å². The molecule has 28 heavy (non-hydrogen) atoms. The molecule has 4 rings (SSSR count). The monoisotopic (exact) mass is 381 g/mol. The van der Waals surface area contributed by atoms with Crippen LogP contribution in [0.25, 0.3) is 16.5 Å². The van der Waals surface area contributed by atoms with E-state index < -0.39 is 11.9 Å². The van der Waals surface area contributed by atoms with Gasteiger partial charge in [0.2, 0.25) is 5.91 Å². The number of benzene rings is 1. The van der Waals surface area contributed by atoms with Gasteiger partial charge in [-0.15, -0.1) is 0 Å². The van der Waals surface area contributed by atoms with Gasteiger partial charge in [0.15, 0.2) is 0 Å². The second kappa shape index (κ2) is 7.43. The zero-order valence-corrected chi connectivity index (χ0v) is 16.7. The molecule has 0 saturated carbocycles. The van der Waals surface area contributed by atoms with E-state index in [1.807, 2.05) is 4.57 Å². The van der Waals surface area contributed by atoms with Gasteiger partial charge < -0.3 is 9.40 Å². The van der Waals surface area contributed by atoms with E-state index in [4.69, 9.17) is 4.84 Å². The van der Waals surface area contributed by atoms with E-state index in [0.717, 1.165) is 43.6 Å². The van der Waals surface area contributed by atoms with Gasteiger partial charge in [0.25, 0.3) is 0 Å². The molecule has 1 aromatic carbocycles. The Bertz CT molecular complexity index is 973. The number of hydrogen-bond donors (Lipinski definition) is 1. The van der Waals surface area contributed by atoms with E-state index in [1.54, 1.807) is 0 Å². The zero-order chi connectivity index (χ0) is 19.8. The second-order valence-electron chi connectivity index (χ2n) is 7.69. The van der Waals surface area contributed by atoms with Gasteiger partial charge in [0, 0.05) is 36.1 Å². The summed E-state index contributed by atoms with van der Waals surface area (Å²) in [4.78, 5) is 30.7. The lowest BCUT2D eigenvalue weighted by atomic mass is 9.81. The maximum atomic E-state index is 12.2. The predicted octanol–water partition coefficient (Wildman–Crippen LogP) is 2.97. The molecule has 0 saturated heterocycles. The van der Waals surface area contributed by atoms with Crippen molar-refractivity contribution in [2.24, 2.45) is 0 Å². The van der Waals surface area contributed by atoms with E-state index in [-0.39, 0.29) is 6.54 Å². The number of rotatable bonds is 4. The van der Waals surface area contributed by atoms with Gasteiger partial charge in [-0.25, -0.2) is 4.79 Å². The lowest BCUT2D eigenvalue weighted by Crippen LogP contribution is -2.42. The van der Waals surface area contributed by atoms with Gasteiger partial charge >= 0.3 is 5.97 Å². The topological polar surface area (TPSA) is 63.6 Å². The van der Waals surface area contributed by atoms with Crippen molar-refractivity contribution in [1.82, 2.24) is 14.9 Å². The largest absolute Gasteiger partial charge is 0.351 e. The molecule has 1 aliphatic heterocycles. The Morgan fingerprint density at radius 3 is 2.89 bits per heavy atom. The molecule has 1 amide bonds. The van der Waals surface area contributed by atoms with Crippen LogP contribution in [0, 0.1) is 6.92 Å². The maximum Gasteiger partial charge on any atom is 0.351 e. The van der Waals surface area contributed by atoms with Crippen LogP contribution in [-0.4, -0.2) is 40.5 Å². The van der Waals surface area contributed by atoms with Gasteiger partial charge in [0.1, 0.15) is 6.54 Å². The van der Waals surface area contributed by atoms with E-state index in [9.17, 15) is 9.59 Å². The highest BCUT2D eigenvalue weighted by molar-refractivity contribution is 6.00. The molecule has 0 fully saturated rings. The third-order valence-corrected chi connectivity index (χ3v) is 5.87. The Kier molecular flexibility index (Phi) is 4.98. The number of carbonyl (C=O) groups excluding carboxylic acids is 2. The van der Waals surface area contributed by atoms with Gasteiger partial charge in [-0.1, -0.05) is 25.1 Å². The summed E-state index contributed by atoms with van der Waals surface area (Å²) >= 11 is 0. The van der Waals surface area contributed by atoms with E-state index in [1.165, 1.54) is 29.0 Å². The number of fused-ring (bicyclic) bond motifs is 2. The van der Waals surface area contributed by atoms with E-state index in [2.05, 4.69) is 48.5 Å². The molecular formula is C22H27N3O3. The Balaban J connectivity index is 1.75. The first kappa shape index (κ1) is 18.7. The van der Waals surface area contributed by atoms with Crippen LogP contribution in [-0.2, 0) is 27.4 Å². The average molecular weight is 381 g/mol. The van der Waals surface area contributed by atoms with Crippen LogP contribution >= 0.6 is 0 Å². The summed E-state index contributed by atoms with van der Waals surface area (Å²) in [6, 6.07) is 6.75. The molecule has 2 aliphatic rings. The Morgan fingerprint density at radius 2 is 2.14 bits per heavy atom. The highest BCUT2D eigenvalue weighted by atomic mass is 16.7. The molecule has 2 aromatic rings. The smallest absolute Gasteiger partial charge is 0.339 e. The Hall–Kier alpha value is -2.60. The fourth-order valence-electron chi connectivity index (χ4n) is 4.74. The minimum absolute atomic E-state index is 0.0778. The normalized spacial score (nSPS) is 18.5. The van der Waals surface area contributed by atoms with Gasteiger partial charge in [-0.05, 0) is 55.5 Å². The van der Waals surface area contributed by atoms with Crippen molar-refractivity contribution in [2.75, 3.05) is 13.1 Å². The van der Waals surface area contributed by atoms with Crippen LogP contribution in [0.5, 0.6) is 0 Å². The summed E-state index contributed by atoms with van der Waals surface area (Å²) in [5.41, 5.74) is 8.32. The fourth-order valence-corrected chi connectivity index (χ4v) is 4.74. The van der Waals surface area contributed by atoms with Gasteiger partial charge in [-0.2, -0.15) is 5.48 Å². The molecule has 1 N–H and O–H groups in total. The minimum Gasteiger partial charge on any atom is -0.339 e. The maximum absolute atomic E-state index is 12.2. The Labute approximate surface area is 165 Å². The summed E-state index contributed by atoms with van der Waals surface area (Å²) in [6.07, 6.45) is 5.60. The van der Waals surface area contributed by atoms with E-state index >= 15 is 0 Å². The number of hydrogen-bond acceptors (Lipinski definition) is 4. The molecule has 6 nitrogen and oxygen atoms in total. The molecule has 0 bridgehead atoms. The minimum atomic E-state index is -0.476. The van der Waals surface area contributed by atoms with Gasteiger partial charge in [0.05, 0.1) is 0 Å². The summed E-state index contributed by atoms with van der Waals surface area (Å²) in [6.45, 7) is 7.91. The van der Waals surface area contributed by atoms with Crippen LogP contribution < -0.4 is 5.48 Å². The number of aromatic nitrogens is 1. The van der Waals surface area contributed by atoms with Crippen molar-refractivity contribution in [1.29, 1.82) is 0 Å². The van der Waals surface area contributed by atoms with Crippen molar-refractivity contribution in [3.63, 3.8) is 0 Å². The first-order valence-electron chi connectivity index (χ1n) is 10.0. The van der Waals surface area contributed by atoms with Crippen LogP contribution in [0.2, 0.25) is 0 Å². The molecule has 0 unspecified atom stereocenters. The number of nitrogens with zero attached hydrogens (tertiary/aromatic N) is 2. The molecule has 6 heteroatoms. The second-order valence-corrected chi connectivity index (χ2v) is 7.69. The molecular weight excluding hydrogens is 354 g/mol. The highest BCUT2D eigenvalue weighted by Gasteiger charge is 2.34. The Morgan fingerprint density at radius 1 is 1.32 bits per heavy atom. The lowest BCUT2D eigenvalue weighted by molar-refractivity contribution is -0.158.